The van der Waals surface area contributed by atoms with Crippen LogP contribution in [0.2, 0.25) is 0 Å². The summed E-state index contributed by atoms with van der Waals surface area (Å²) >= 11 is 0. The van der Waals surface area contributed by atoms with E-state index in [-0.39, 0.29) is 6.42 Å². The molecule has 0 amide bonds. The third-order valence-electron chi connectivity index (χ3n) is 2.70. The maximum absolute atomic E-state index is 10.6. The molecule has 1 rings (SSSR count). The Bertz CT molecular complexity index is 361. The average molecular weight is 221 g/mol. The van der Waals surface area contributed by atoms with Gasteiger partial charge in [-0.05, 0) is 36.5 Å². The molecule has 0 aliphatic rings. The molecule has 0 aliphatic heterocycles. The normalized spacial score (nSPS) is 10.3. The van der Waals surface area contributed by atoms with Crippen LogP contribution in [-0.4, -0.2) is 11.1 Å². The van der Waals surface area contributed by atoms with Crippen LogP contribution in [0, 0.1) is 0 Å². The Hall–Kier alpha value is -1.51. The zero-order valence-corrected chi connectivity index (χ0v) is 9.70. The smallest absolute Gasteiger partial charge is 0.303 e. The number of hydrogen-bond acceptors (Lipinski definition) is 2. The molecule has 3 nitrogen and oxygen atoms in total. The van der Waals surface area contributed by atoms with E-state index in [9.17, 15) is 4.79 Å². The highest BCUT2D eigenvalue weighted by atomic mass is 16.4. The van der Waals surface area contributed by atoms with Crippen LogP contribution >= 0.6 is 0 Å². The van der Waals surface area contributed by atoms with Gasteiger partial charge in [-0.1, -0.05) is 25.5 Å². The molecule has 0 aromatic heterocycles. The first-order valence-corrected chi connectivity index (χ1v) is 5.73. The van der Waals surface area contributed by atoms with E-state index >= 15 is 0 Å². The molecule has 0 heterocycles. The van der Waals surface area contributed by atoms with E-state index in [1.807, 2.05) is 18.2 Å². The highest BCUT2D eigenvalue weighted by molar-refractivity contribution is 5.67. The summed E-state index contributed by atoms with van der Waals surface area (Å²) in [6, 6.07) is 5.75. The van der Waals surface area contributed by atoms with Crippen LogP contribution in [0.4, 0.5) is 5.69 Å². The molecule has 0 spiro atoms. The fourth-order valence-electron chi connectivity index (χ4n) is 1.79. The van der Waals surface area contributed by atoms with E-state index in [0.717, 1.165) is 36.1 Å². The van der Waals surface area contributed by atoms with E-state index in [2.05, 4.69) is 6.92 Å². The lowest BCUT2D eigenvalue weighted by atomic mass is 9.97. The number of aryl methyl sites for hydroxylation is 1. The van der Waals surface area contributed by atoms with Crippen molar-refractivity contribution in [2.75, 3.05) is 5.73 Å². The lowest BCUT2D eigenvalue weighted by Gasteiger charge is -2.11. The second kappa shape index (κ2) is 6.16. The first-order valence-electron chi connectivity index (χ1n) is 5.73. The van der Waals surface area contributed by atoms with Gasteiger partial charge in [-0.25, -0.2) is 0 Å². The van der Waals surface area contributed by atoms with Crippen LogP contribution in [0.25, 0.3) is 0 Å². The molecule has 16 heavy (non-hydrogen) atoms. The van der Waals surface area contributed by atoms with E-state index in [4.69, 9.17) is 10.8 Å². The van der Waals surface area contributed by atoms with Crippen LogP contribution in [-0.2, 0) is 17.6 Å². The molecule has 0 saturated heterocycles. The van der Waals surface area contributed by atoms with E-state index in [1.54, 1.807) is 0 Å². The Kier molecular flexibility index (Phi) is 4.83. The van der Waals surface area contributed by atoms with Crippen molar-refractivity contribution in [3.05, 3.63) is 29.3 Å². The minimum Gasteiger partial charge on any atom is -0.481 e. The molecule has 0 radical (unpaired) electrons. The Morgan fingerprint density at radius 2 is 2.12 bits per heavy atom. The summed E-state index contributed by atoms with van der Waals surface area (Å²) in [5.74, 6) is -0.760. The van der Waals surface area contributed by atoms with Crippen molar-refractivity contribution in [1.29, 1.82) is 0 Å². The van der Waals surface area contributed by atoms with Gasteiger partial charge in [-0.3, -0.25) is 4.79 Å². The second-order valence-electron chi connectivity index (χ2n) is 3.98. The number of rotatable bonds is 6. The van der Waals surface area contributed by atoms with Gasteiger partial charge in [0.25, 0.3) is 0 Å². The number of unbranched alkanes of at least 4 members (excludes halogenated alkanes) is 1. The van der Waals surface area contributed by atoms with Crippen LogP contribution in [0.3, 0.4) is 0 Å². The quantitative estimate of drug-likeness (QED) is 0.726. The maximum atomic E-state index is 10.6. The molecule has 0 unspecified atom stereocenters. The van der Waals surface area contributed by atoms with E-state index < -0.39 is 5.97 Å². The first kappa shape index (κ1) is 12.6. The zero-order valence-electron chi connectivity index (χ0n) is 9.70. The number of aliphatic carboxylic acids is 1. The molecule has 1 aromatic rings. The average Bonchev–Trinajstić information content (AvgIpc) is 2.25. The molecule has 88 valence electrons. The third-order valence-corrected chi connectivity index (χ3v) is 2.70. The van der Waals surface area contributed by atoms with Gasteiger partial charge in [0, 0.05) is 12.1 Å². The Morgan fingerprint density at radius 3 is 2.75 bits per heavy atom. The first-order chi connectivity index (χ1) is 7.65. The summed E-state index contributed by atoms with van der Waals surface area (Å²) in [7, 11) is 0. The predicted octanol–water partition coefficient (Wildman–Crippen LogP) is 2.63. The summed E-state index contributed by atoms with van der Waals surface area (Å²) in [5, 5.41) is 8.68. The van der Waals surface area contributed by atoms with Crippen molar-refractivity contribution in [2.45, 2.75) is 39.0 Å². The lowest BCUT2D eigenvalue weighted by molar-refractivity contribution is -0.136. The fraction of sp³-hybridized carbons (Fsp3) is 0.462. The van der Waals surface area contributed by atoms with Crippen molar-refractivity contribution < 1.29 is 9.90 Å². The summed E-state index contributed by atoms with van der Waals surface area (Å²) in [6.45, 7) is 2.13. The minimum absolute atomic E-state index is 0.169. The van der Waals surface area contributed by atoms with Crippen molar-refractivity contribution >= 4 is 11.7 Å². The molecule has 1 aromatic carbocycles. The monoisotopic (exact) mass is 221 g/mol. The van der Waals surface area contributed by atoms with Gasteiger partial charge in [0.15, 0.2) is 0 Å². The van der Waals surface area contributed by atoms with Gasteiger partial charge in [-0.15, -0.1) is 0 Å². The Labute approximate surface area is 96.3 Å². The Morgan fingerprint density at radius 1 is 1.38 bits per heavy atom. The molecule has 0 saturated carbocycles. The minimum atomic E-state index is -0.760. The molecule has 3 heteroatoms. The number of nitrogen functional groups attached to an aromatic ring is 1. The molecule has 0 aliphatic carbocycles. The number of anilines is 1. The van der Waals surface area contributed by atoms with Crippen LogP contribution in [0.15, 0.2) is 18.2 Å². The maximum Gasteiger partial charge on any atom is 0.303 e. The molecule has 0 fully saturated rings. The number of hydrogen-bond donors (Lipinski definition) is 2. The van der Waals surface area contributed by atoms with Gasteiger partial charge in [0.1, 0.15) is 0 Å². The standard InChI is InChI=1S/C13H19NO2/c1-2-3-6-11-10(8-9-13(15)16)5-4-7-12(11)14/h4-5,7H,2-3,6,8-9,14H2,1H3,(H,15,16). The zero-order chi connectivity index (χ0) is 12.0. The molecule has 0 bridgehead atoms. The number of carboxylic acids is 1. The lowest BCUT2D eigenvalue weighted by Crippen LogP contribution is -2.03. The van der Waals surface area contributed by atoms with Gasteiger partial charge in [0.2, 0.25) is 0 Å². The van der Waals surface area contributed by atoms with Crippen LogP contribution in [0.1, 0.15) is 37.3 Å². The van der Waals surface area contributed by atoms with Crippen LogP contribution < -0.4 is 5.73 Å². The van der Waals surface area contributed by atoms with Gasteiger partial charge in [-0.2, -0.15) is 0 Å². The molecule has 3 N–H and O–H groups in total. The summed E-state index contributed by atoms with van der Waals surface area (Å²) < 4.78 is 0. The Balaban J connectivity index is 2.80. The van der Waals surface area contributed by atoms with Crippen molar-refractivity contribution in [1.82, 2.24) is 0 Å². The second-order valence-corrected chi connectivity index (χ2v) is 3.98. The van der Waals surface area contributed by atoms with Gasteiger partial charge >= 0.3 is 5.97 Å². The molecule has 0 atom stereocenters. The fourth-order valence-corrected chi connectivity index (χ4v) is 1.79. The van der Waals surface area contributed by atoms with Crippen molar-refractivity contribution in [3.63, 3.8) is 0 Å². The number of carboxylic acid groups (broad SMARTS) is 1. The third kappa shape index (κ3) is 3.57. The summed E-state index contributed by atoms with van der Waals surface area (Å²) in [4.78, 5) is 10.6. The number of carbonyl (C=O) groups is 1. The number of benzene rings is 1. The highest BCUT2D eigenvalue weighted by Crippen LogP contribution is 2.20. The van der Waals surface area contributed by atoms with Crippen LogP contribution in [0.5, 0.6) is 0 Å². The van der Waals surface area contributed by atoms with E-state index in [1.165, 1.54) is 0 Å². The predicted molar refractivity (Wildman–Crippen MR) is 65.4 cm³/mol. The summed E-state index contributed by atoms with van der Waals surface area (Å²) in [5.41, 5.74) is 8.92. The highest BCUT2D eigenvalue weighted by Gasteiger charge is 2.07. The summed E-state index contributed by atoms with van der Waals surface area (Å²) in [6.07, 6.45) is 3.89. The molecular weight excluding hydrogens is 202 g/mol. The topological polar surface area (TPSA) is 63.3 Å². The largest absolute Gasteiger partial charge is 0.481 e. The van der Waals surface area contributed by atoms with Gasteiger partial charge in [0.05, 0.1) is 0 Å². The van der Waals surface area contributed by atoms with E-state index in [0.29, 0.717) is 6.42 Å². The van der Waals surface area contributed by atoms with Gasteiger partial charge < -0.3 is 10.8 Å². The SMILES string of the molecule is CCCCc1c(N)cccc1CCC(=O)O. The molecular formula is C13H19NO2. The van der Waals surface area contributed by atoms with Crippen molar-refractivity contribution in [3.8, 4) is 0 Å². The van der Waals surface area contributed by atoms with Crippen molar-refractivity contribution in [2.24, 2.45) is 0 Å². The number of nitrogens with two attached hydrogens (primary N) is 1.